The average molecular weight is 296 g/mol. The van der Waals surface area contributed by atoms with Gasteiger partial charge in [0.05, 0.1) is 5.92 Å². The van der Waals surface area contributed by atoms with Crippen LogP contribution < -0.4 is 11.1 Å². The van der Waals surface area contributed by atoms with Gasteiger partial charge < -0.3 is 16.0 Å². The third-order valence-corrected chi connectivity index (χ3v) is 3.71. The Bertz CT molecular complexity index is 513. The molecule has 0 saturated carbocycles. The first-order chi connectivity index (χ1) is 9.51. The van der Waals surface area contributed by atoms with Gasteiger partial charge in [0, 0.05) is 36.4 Å². The second-order valence-electron chi connectivity index (χ2n) is 4.98. The van der Waals surface area contributed by atoms with E-state index in [9.17, 15) is 9.59 Å². The molecule has 1 aromatic carbocycles. The van der Waals surface area contributed by atoms with Crippen LogP contribution in [0.5, 0.6) is 0 Å². The van der Waals surface area contributed by atoms with E-state index < -0.39 is 0 Å². The van der Waals surface area contributed by atoms with Crippen LogP contribution in [0, 0.1) is 5.92 Å². The van der Waals surface area contributed by atoms with Gasteiger partial charge in [-0.15, -0.1) is 0 Å². The van der Waals surface area contributed by atoms with E-state index in [1.807, 2.05) is 0 Å². The van der Waals surface area contributed by atoms with Crippen molar-refractivity contribution in [3.63, 3.8) is 0 Å². The smallest absolute Gasteiger partial charge is 0.254 e. The van der Waals surface area contributed by atoms with Crippen LogP contribution in [0.25, 0.3) is 0 Å². The summed E-state index contributed by atoms with van der Waals surface area (Å²) in [7, 11) is 1.61. The summed E-state index contributed by atoms with van der Waals surface area (Å²) in [5.74, 6) is -0.296. The van der Waals surface area contributed by atoms with E-state index in [4.69, 9.17) is 17.3 Å². The van der Waals surface area contributed by atoms with Gasteiger partial charge in [0.25, 0.3) is 5.91 Å². The van der Waals surface area contributed by atoms with Crippen molar-refractivity contribution in [3.8, 4) is 0 Å². The number of rotatable bonds is 2. The molecule has 0 spiro atoms. The maximum absolute atomic E-state index is 12.4. The van der Waals surface area contributed by atoms with E-state index >= 15 is 0 Å². The fourth-order valence-electron chi connectivity index (χ4n) is 2.50. The fourth-order valence-corrected chi connectivity index (χ4v) is 2.74. The molecule has 6 heteroatoms. The van der Waals surface area contributed by atoms with Crippen LogP contribution in [0.3, 0.4) is 0 Å². The van der Waals surface area contributed by atoms with Crippen molar-refractivity contribution in [1.82, 2.24) is 10.2 Å². The number of nitrogen functional groups attached to an aromatic ring is 1. The van der Waals surface area contributed by atoms with Crippen molar-refractivity contribution in [2.75, 3.05) is 25.9 Å². The highest BCUT2D eigenvalue weighted by Gasteiger charge is 2.28. The molecule has 1 aliphatic rings. The highest BCUT2D eigenvalue weighted by molar-refractivity contribution is 6.31. The molecule has 1 saturated heterocycles. The van der Waals surface area contributed by atoms with Gasteiger partial charge in [-0.1, -0.05) is 11.6 Å². The standard InChI is InChI=1S/C14H18ClN3O2/c1-17-13(19)9-3-2-4-18(8-9)14(20)10-5-11(15)7-12(16)6-10/h5-7,9H,2-4,8,16H2,1H3,(H,17,19). The zero-order chi connectivity index (χ0) is 14.7. The summed E-state index contributed by atoms with van der Waals surface area (Å²) >= 11 is 5.92. The number of anilines is 1. The number of carbonyl (C=O) groups is 2. The van der Waals surface area contributed by atoms with Gasteiger partial charge in [-0.05, 0) is 31.0 Å². The van der Waals surface area contributed by atoms with Crippen LogP contribution in [-0.2, 0) is 4.79 Å². The monoisotopic (exact) mass is 295 g/mol. The zero-order valence-corrected chi connectivity index (χ0v) is 12.1. The van der Waals surface area contributed by atoms with Crippen molar-refractivity contribution < 1.29 is 9.59 Å². The second kappa shape index (κ2) is 6.13. The molecular weight excluding hydrogens is 278 g/mol. The average Bonchev–Trinajstić information content (AvgIpc) is 2.44. The quantitative estimate of drug-likeness (QED) is 0.812. The topological polar surface area (TPSA) is 75.4 Å². The molecule has 0 bridgehead atoms. The highest BCUT2D eigenvalue weighted by atomic mass is 35.5. The lowest BCUT2D eigenvalue weighted by atomic mass is 9.96. The number of amides is 2. The van der Waals surface area contributed by atoms with Crippen molar-refractivity contribution >= 4 is 29.1 Å². The van der Waals surface area contributed by atoms with E-state index in [0.29, 0.717) is 29.4 Å². The first-order valence-corrected chi connectivity index (χ1v) is 6.96. The summed E-state index contributed by atoms with van der Waals surface area (Å²) in [6.07, 6.45) is 1.63. The number of benzene rings is 1. The SMILES string of the molecule is CNC(=O)C1CCCN(C(=O)c2cc(N)cc(Cl)c2)C1. The van der Waals surface area contributed by atoms with Gasteiger partial charge in [0.15, 0.2) is 0 Å². The molecule has 108 valence electrons. The Kier molecular flexibility index (Phi) is 4.49. The molecule has 3 N–H and O–H groups in total. The second-order valence-corrected chi connectivity index (χ2v) is 5.41. The minimum absolute atomic E-state index is 0.0203. The number of nitrogens with two attached hydrogens (primary N) is 1. The third kappa shape index (κ3) is 3.22. The number of halogens is 1. The summed E-state index contributed by atoms with van der Waals surface area (Å²) in [5, 5.41) is 3.07. The number of likely N-dealkylation sites (tertiary alicyclic amines) is 1. The number of hydrogen-bond acceptors (Lipinski definition) is 3. The highest BCUT2D eigenvalue weighted by Crippen LogP contribution is 2.22. The minimum Gasteiger partial charge on any atom is -0.399 e. The molecule has 20 heavy (non-hydrogen) atoms. The van der Waals surface area contributed by atoms with Crippen LogP contribution in [0.15, 0.2) is 18.2 Å². The normalized spacial score (nSPS) is 18.7. The molecular formula is C14H18ClN3O2. The van der Waals surface area contributed by atoms with E-state index in [1.165, 1.54) is 0 Å². The Morgan fingerprint density at radius 2 is 2.15 bits per heavy atom. The van der Waals surface area contributed by atoms with Crippen LogP contribution in [0.1, 0.15) is 23.2 Å². The van der Waals surface area contributed by atoms with Crippen molar-refractivity contribution in [3.05, 3.63) is 28.8 Å². The van der Waals surface area contributed by atoms with Crippen LogP contribution in [-0.4, -0.2) is 36.9 Å². The Hall–Kier alpha value is -1.75. The Morgan fingerprint density at radius 3 is 2.80 bits per heavy atom. The summed E-state index contributed by atoms with van der Waals surface area (Å²) in [5.41, 5.74) is 6.63. The lowest BCUT2D eigenvalue weighted by Crippen LogP contribution is -2.44. The number of nitrogens with zero attached hydrogens (tertiary/aromatic N) is 1. The first-order valence-electron chi connectivity index (χ1n) is 6.58. The first kappa shape index (κ1) is 14.7. The Labute approximate surface area is 123 Å². The Balaban J connectivity index is 2.14. The van der Waals surface area contributed by atoms with Gasteiger partial charge in [0.1, 0.15) is 0 Å². The summed E-state index contributed by atoms with van der Waals surface area (Å²) in [6.45, 7) is 1.09. The van der Waals surface area contributed by atoms with Crippen LogP contribution in [0.4, 0.5) is 5.69 Å². The minimum atomic E-state index is -0.144. The molecule has 1 unspecified atom stereocenters. The van der Waals surface area contributed by atoms with E-state index in [2.05, 4.69) is 5.32 Å². The molecule has 1 aliphatic heterocycles. The summed E-state index contributed by atoms with van der Waals surface area (Å²) < 4.78 is 0. The summed E-state index contributed by atoms with van der Waals surface area (Å²) in [4.78, 5) is 25.8. The maximum Gasteiger partial charge on any atom is 0.254 e. The van der Waals surface area contributed by atoms with E-state index in [1.54, 1.807) is 30.1 Å². The number of piperidine rings is 1. The molecule has 0 aromatic heterocycles. The predicted octanol–water partition coefficient (Wildman–Crippen LogP) is 1.52. The van der Waals surface area contributed by atoms with Crippen molar-refractivity contribution in [1.29, 1.82) is 0 Å². The lowest BCUT2D eigenvalue weighted by molar-refractivity contribution is -0.125. The molecule has 2 rings (SSSR count). The number of nitrogens with one attached hydrogen (secondary N) is 1. The molecule has 0 aliphatic carbocycles. The third-order valence-electron chi connectivity index (χ3n) is 3.49. The maximum atomic E-state index is 12.4. The predicted molar refractivity (Wildman–Crippen MR) is 78.6 cm³/mol. The van der Waals surface area contributed by atoms with Crippen molar-refractivity contribution in [2.45, 2.75) is 12.8 Å². The molecule has 5 nitrogen and oxygen atoms in total. The molecule has 1 atom stereocenters. The fraction of sp³-hybridized carbons (Fsp3) is 0.429. The van der Waals surface area contributed by atoms with E-state index in [-0.39, 0.29) is 17.7 Å². The summed E-state index contributed by atoms with van der Waals surface area (Å²) in [6, 6.07) is 4.81. The lowest BCUT2D eigenvalue weighted by Gasteiger charge is -2.32. The largest absolute Gasteiger partial charge is 0.399 e. The molecule has 0 radical (unpaired) electrons. The number of carbonyl (C=O) groups excluding carboxylic acids is 2. The Morgan fingerprint density at radius 1 is 1.40 bits per heavy atom. The van der Waals surface area contributed by atoms with Gasteiger partial charge in [-0.25, -0.2) is 0 Å². The molecule has 1 fully saturated rings. The van der Waals surface area contributed by atoms with Gasteiger partial charge in [0.2, 0.25) is 5.91 Å². The van der Waals surface area contributed by atoms with Gasteiger partial charge in [-0.3, -0.25) is 9.59 Å². The van der Waals surface area contributed by atoms with E-state index in [0.717, 1.165) is 12.8 Å². The van der Waals surface area contributed by atoms with Crippen molar-refractivity contribution in [2.24, 2.45) is 5.92 Å². The van der Waals surface area contributed by atoms with Gasteiger partial charge >= 0.3 is 0 Å². The van der Waals surface area contributed by atoms with Gasteiger partial charge in [-0.2, -0.15) is 0 Å². The van der Waals surface area contributed by atoms with Crippen LogP contribution >= 0.6 is 11.6 Å². The van der Waals surface area contributed by atoms with Crippen LogP contribution in [0.2, 0.25) is 5.02 Å². The molecule has 2 amide bonds. The zero-order valence-electron chi connectivity index (χ0n) is 11.4. The molecule has 1 aromatic rings. The molecule has 1 heterocycles. The number of hydrogen-bond donors (Lipinski definition) is 2.